The van der Waals surface area contributed by atoms with E-state index >= 15 is 0 Å². The SMILES string of the molecule is CCN(CC)C(=O)c1ccc2c(c1)C[C@@H](C)N2S(=O)(=O)c1ccc(C)cc1. The lowest BCUT2D eigenvalue weighted by atomic mass is 10.1. The van der Waals surface area contributed by atoms with Gasteiger partial charge < -0.3 is 4.90 Å². The molecule has 2 aromatic carbocycles. The van der Waals surface area contributed by atoms with Crippen molar-refractivity contribution in [2.75, 3.05) is 17.4 Å². The van der Waals surface area contributed by atoms with Gasteiger partial charge in [0, 0.05) is 24.7 Å². The molecule has 0 N–H and O–H groups in total. The standard InChI is InChI=1S/C21H26N2O3S/c1-5-22(6-2)21(24)17-9-12-20-18(14-17)13-16(4)23(20)27(25,26)19-10-7-15(3)8-11-19/h7-12,14,16H,5-6,13H2,1-4H3/t16-/m1/s1. The number of sulfonamides is 1. The zero-order valence-corrected chi connectivity index (χ0v) is 17.1. The van der Waals surface area contributed by atoms with Crippen molar-refractivity contribution in [3.05, 3.63) is 59.2 Å². The highest BCUT2D eigenvalue weighted by atomic mass is 32.2. The van der Waals surface area contributed by atoms with Crippen LogP contribution in [0.4, 0.5) is 5.69 Å². The predicted molar refractivity (Wildman–Crippen MR) is 108 cm³/mol. The number of aryl methyl sites for hydroxylation is 1. The van der Waals surface area contributed by atoms with E-state index in [4.69, 9.17) is 0 Å². The van der Waals surface area contributed by atoms with Crippen LogP contribution >= 0.6 is 0 Å². The van der Waals surface area contributed by atoms with Crippen LogP contribution in [0.3, 0.4) is 0 Å². The van der Waals surface area contributed by atoms with E-state index in [1.807, 2.05) is 33.8 Å². The smallest absolute Gasteiger partial charge is 0.264 e. The molecule has 0 spiro atoms. The van der Waals surface area contributed by atoms with E-state index in [2.05, 4.69) is 0 Å². The summed E-state index contributed by atoms with van der Waals surface area (Å²) in [6.07, 6.45) is 0.597. The summed E-state index contributed by atoms with van der Waals surface area (Å²) in [6, 6.07) is 12.1. The Morgan fingerprint density at radius 1 is 1.11 bits per heavy atom. The quantitative estimate of drug-likeness (QED) is 0.789. The number of carbonyl (C=O) groups is 1. The largest absolute Gasteiger partial charge is 0.339 e. The van der Waals surface area contributed by atoms with E-state index in [9.17, 15) is 13.2 Å². The highest BCUT2D eigenvalue weighted by Gasteiger charge is 2.36. The normalized spacial score (nSPS) is 16.3. The number of nitrogens with zero attached hydrogens (tertiary/aromatic N) is 2. The molecule has 0 bridgehead atoms. The molecular formula is C21H26N2O3S. The lowest BCUT2D eigenvalue weighted by Gasteiger charge is -2.25. The second-order valence-electron chi connectivity index (χ2n) is 6.99. The van der Waals surface area contributed by atoms with Crippen LogP contribution in [0.15, 0.2) is 47.4 Å². The molecule has 1 atom stereocenters. The number of carbonyl (C=O) groups excluding carboxylic acids is 1. The van der Waals surface area contributed by atoms with Crippen molar-refractivity contribution >= 4 is 21.6 Å². The topological polar surface area (TPSA) is 57.7 Å². The molecule has 144 valence electrons. The summed E-state index contributed by atoms with van der Waals surface area (Å²) in [5, 5.41) is 0. The Morgan fingerprint density at radius 2 is 1.74 bits per heavy atom. The summed E-state index contributed by atoms with van der Waals surface area (Å²) in [5.74, 6) is -0.0182. The molecule has 0 fully saturated rings. The van der Waals surface area contributed by atoms with Crippen LogP contribution in [-0.2, 0) is 16.4 Å². The van der Waals surface area contributed by atoms with E-state index < -0.39 is 10.0 Å². The molecule has 2 aromatic rings. The number of amides is 1. The first kappa shape index (κ1) is 19.4. The molecule has 0 saturated heterocycles. The molecule has 1 aliphatic heterocycles. The second-order valence-corrected chi connectivity index (χ2v) is 8.80. The van der Waals surface area contributed by atoms with Crippen LogP contribution in [0.2, 0.25) is 0 Å². The fourth-order valence-corrected chi connectivity index (χ4v) is 5.31. The maximum atomic E-state index is 13.2. The summed E-state index contributed by atoms with van der Waals surface area (Å²) in [6.45, 7) is 9.03. The zero-order chi connectivity index (χ0) is 19.8. The van der Waals surface area contributed by atoms with Crippen molar-refractivity contribution < 1.29 is 13.2 Å². The molecule has 1 heterocycles. The molecule has 0 aromatic heterocycles. The number of fused-ring (bicyclic) bond motifs is 1. The average Bonchev–Trinajstić information content (AvgIpc) is 2.98. The van der Waals surface area contributed by atoms with Gasteiger partial charge in [-0.1, -0.05) is 17.7 Å². The number of anilines is 1. The molecule has 0 unspecified atom stereocenters. The minimum absolute atomic E-state index is 0.0182. The van der Waals surface area contributed by atoms with Crippen molar-refractivity contribution in [2.45, 2.75) is 45.1 Å². The van der Waals surface area contributed by atoms with Gasteiger partial charge in [-0.25, -0.2) is 8.42 Å². The Bertz CT molecular complexity index is 948. The Kier molecular flexibility index (Phi) is 5.29. The van der Waals surface area contributed by atoms with Crippen LogP contribution in [0, 0.1) is 6.92 Å². The fraction of sp³-hybridized carbons (Fsp3) is 0.381. The van der Waals surface area contributed by atoms with Gasteiger partial charge in [0.2, 0.25) is 0 Å². The molecular weight excluding hydrogens is 360 g/mol. The number of hydrogen-bond acceptors (Lipinski definition) is 3. The van der Waals surface area contributed by atoms with Gasteiger partial charge in [0.25, 0.3) is 15.9 Å². The van der Waals surface area contributed by atoms with Gasteiger partial charge in [0.1, 0.15) is 0 Å². The molecule has 1 aliphatic rings. The van der Waals surface area contributed by atoms with Crippen LogP contribution < -0.4 is 4.31 Å². The van der Waals surface area contributed by atoms with Gasteiger partial charge in [-0.15, -0.1) is 0 Å². The molecule has 3 rings (SSSR count). The third-order valence-corrected chi connectivity index (χ3v) is 7.05. The zero-order valence-electron chi connectivity index (χ0n) is 16.3. The summed E-state index contributed by atoms with van der Waals surface area (Å²) in [4.78, 5) is 14.7. The van der Waals surface area contributed by atoms with Crippen LogP contribution in [0.25, 0.3) is 0 Å². The molecule has 5 nitrogen and oxygen atoms in total. The third kappa shape index (κ3) is 3.46. The first-order valence-electron chi connectivity index (χ1n) is 9.32. The Labute approximate surface area is 161 Å². The van der Waals surface area contributed by atoms with Crippen molar-refractivity contribution in [2.24, 2.45) is 0 Å². The second kappa shape index (κ2) is 7.35. The molecule has 27 heavy (non-hydrogen) atoms. The summed E-state index contributed by atoms with van der Waals surface area (Å²) in [7, 11) is -3.64. The van der Waals surface area contributed by atoms with Crippen molar-refractivity contribution in [1.29, 1.82) is 0 Å². The maximum absolute atomic E-state index is 13.2. The van der Waals surface area contributed by atoms with Crippen molar-refractivity contribution in [1.82, 2.24) is 4.90 Å². The fourth-order valence-electron chi connectivity index (χ4n) is 3.62. The molecule has 0 aliphatic carbocycles. The highest BCUT2D eigenvalue weighted by molar-refractivity contribution is 7.92. The van der Waals surface area contributed by atoms with Gasteiger partial charge in [-0.3, -0.25) is 9.10 Å². The number of benzene rings is 2. The van der Waals surface area contributed by atoms with E-state index in [0.29, 0.717) is 30.8 Å². The number of hydrogen-bond donors (Lipinski definition) is 0. The lowest BCUT2D eigenvalue weighted by Crippen LogP contribution is -2.35. The van der Waals surface area contributed by atoms with E-state index in [1.54, 1.807) is 41.3 Å². The summed E-state index contributed by atoms with van der Waals surface area (Å²) in [5.41, 5.74) is 3.19. The minimum Gasteiger partial charge on any atom is -0.339 e. The molecule has 6 heteroatoms. The van der Waals surface area contributed by atoms with Crippen molar-refractivity contribution in [3.8, 4) is 0 Å². The first-order chi connectivity index (χ1) is 12.8. The van der Waals surface area contributed by atoms with Gasteiger partial charge in [0.15, 0.2) is 0 Å². The van der Waals surface area contributed by atoms with Gasteiger partial charge in [-0.05, 0) is 70.0 Å². The van der Waals surface area contributed by atoms with E-state index in [1.165, 1.54) is 4.31 Å². The number of rotatable bonds is 5. The molecule has 0 radical (unpaired) electrons. The van der Waals surface area contributed by atoms with Gasteiger partial charge in [-0.2, -0.15) is 0 Å². The maximum Gasteiger partial charge on any atom is 0.264 e. The Morgan fingerprint density at radius 3 is 2.33 bits per heavy atom. The molecule has 0 saturated carbocycles. The van der Waals surface area contributed by atoms with Gasteiger partial charge in [0.05, 0.1) is 10.6 Å². The lowest BCUT2D eigenvalue weighted by molar-refractivity contribution is 0.0773. The highest BCUT2D eigenvalue weighted by Crippen LogP contribution is 2.37. The van der Waals surface area contributed by atoms with Crippen LogP contribution in [0.1, 0.15) is 42.3 Å². The summed E-state index contributed by atoms with van der Waals surface area (Å²) < 4.78 is 27.9. The first-order valence-corrected chi connectivity index (χ1v) is 10.8. The molecule has 1 amide bonds. The average molecular weight is 387 g/mol. The Hall–Kier alpha value is -2.34. The van der Waals surface area contributed by atoms with Crippen molar-refractivity contribution in [3.63, 3.8) is 0 Å². The Balaban J connectivity index is 1.99. The van der Waals surface area contributed by atoms with Crippen LogP contribution in [0.5, 0.6) is 0 Å². The minimum atomic E-state index is -3.64. The van der Waals surface area contributed by atoms with Gasteiger partial charge >= 0.3 is 0 Å². The summed E-state index contributed by atoms with van der Waals surface area (Å²) >= 11 is 0. The predicted octanol–water partition coefficient (Wildman–Crippen LogP) is 3.62. The van der Waals surface area contributed by atoms with Crippen LogP contribution in [-0.4, -0.2) is 38.4 Å². The third-order valence-electron chi connectivity index (χ3n) is 5.11. The van der Waals surface area contributed by atoms with E-state index in [-0.39, 0.29) is 16.8 Å². The monoisotopic (exact) mass is 386 g/mol. The van der Waals surface area contributed by atoms with E-state index in [0.717, 1.165) is 11.1 Å².